The number of pyridine rings is 1. The van der Waals surface area contributed by atoms with Crippen LogP contribution < -0.4 is 5.56 Å². The Balaban J connectivity index is 2.05. The molecule has 2 aromatic rings. The van der Waals surface area contributed by atoms with Crippen LogP contribution in [0.5, 0.6) is 0 Å². The summed E-state index contributed by atoms with van der Waals surface area (Å²) >= 11 is 1.44. The molecule has 0 amide bonds. The summed E-state index contributed by atoms with van der Waals surface area (Å²) in [6, 6.07) is 2.80. The molecule has 0 saturated carbocycles. The monoisotopic (exact) mass is 264 g/mol. The lowest BCUT2D eigenvalue weighted by molar-refractivity contribution is 0.0472. The molecule has 0 unspecified atom stereocenters. The number of esters is 1. The first-order valence-corrected chi connectivity index (χ1v) is 6.21. The summed E-state index contributed by atoms with van der Waals surface area (Å²) in [5.74, 6) is -0.517. The number of ether oxygens (including phenoxy) is 1. The first kappa shape index (κ1) is 12.5. The predicted molar refractivity (Wildman–Crippen MR) is 67.8 cm³/mol. The second-order valence-electron chi connectivity index (χ2n) is 3.88. The SMILES string of the molecule is Cc1csc(COC(=O)c2cc(C)[nH]c(=O)c2)n1. The molecule has 94 valence electrons. The van der Waals surface area contributed by atoms with Gasteiger partial charge in [0.1, 0.15) is 11.6 Å². The van der Waals surface area contributed by atoms with Gasteiger partial charge < -0.3 is 9.72 Å². The Labute approximate surface area is 107 Å². The second kappa shape index (κ2) is 5.14. The number of hydrogen-bond acceptors (Lipinski definition) is 5. The highest BCUT2D eigenvalue weighted by Crippen LogP contribution is 2.11. The molecule has 0 aliphatic rings. The zero-order valence-electron chi connectivity index (χ0n) is 10.0. The fourth-order valence-corrected chi connectivity index (χ4v) is 2.16. The van der Waals surface area contributed by atoms with E-state index < -0.39 is 5.97 Å². The fourth-order valence-electron chi connectivity index (χ4n) is 1.48. The van der Waals surface area contributed by atoms with Gasteiger partial charge in [-0.2, -0.15) is 0 Å². The number of rotatable bonds is 3. The van der Waals surface area contributed by atoms with Gasteiger partial charge in [-0.15, -0.1) is 11.3 Å². The van der Waals surface area contributed by atoms with Crippen LogP contribution in [0.3, 0.4) is 0 Å². The predicted octanol–water partition coefficient (Wildman–Crippen LogP) is 1.81. The number of aromatic amines is 1. The first-order chi connectivity index (χ1) is 8.54. The summed E-state index contributed by atoms with van der Waals surface area (Å²) < 4.78 is 5.09. The fraction of sp³-hybridized carbons (Fsp3) is 0.250. The number of thiazole rings is 1. The maximum atomic E-state index is 11.7. The standard InChI is InChI=1S/C12H12N2O3S/c1-7-3-9(4-10(15)13-7)12(16)17-5-11-14-8(2)6-18-11/h3-4,6H,5H2,1-2H3,(H,13,15). The van der Waals surface area contributed by atoms with Gasteiger partial charge in [0.05, 0.1) is 5.56 Å². The third kappa shape index (κ3) is 3.04. The number of carbonyl (C=O) groups excluding carboxylic acids is 1. The van der Waals surface area contributed by atoms with Crippen molar-refractivity contribution in [1.29, 1.82) is 0 Å². The normalized spacial score (nSPS) is 10.3. The van der Waals surface area contributed by atoms with Crippen molar-refractivity contribution in [2.45, 2.75) is 20.5 Å². The van der Waals surface area contributed by atoms with Gasteiger partial charge in [0, 0.05) is 22.8 Å². The van der Waals surface area contributed by atoms with Crippen LogP contribution in [0.2, 0.25) is 0 Å². The van der Waals surface area contributed by atoms with Crippen molar-refractivity contribution in [3.63, 3.8) is 0 Å². The molecule has 6 heteroatoms. The quantitative estimate of drug-likeness (QED) is 0.858. The van der Waals surface area contributed by atoms with Crippen LogP contribution in [0.1, 0.15) is 26.8 Å². The molecule has 18 heavy (non-hydrogen) atoms. The minimum Gasteiger partial charge on any atom is -0.455 e. The molecular weight excluding hydrogens is 252 g/mol. The third-order valence-corrected chi connectivity index (χ3v) is 3.15. The van der Waals surface area contributed by atoms with Crippen molar-refractivity contribution in [3.05, 3.63) is 49.8 Å². The molecule has 2 heterocycles. The van der Waals surface area contributed by atoms with Gasteiger partial charge in [-0.3, -0.25) is 4.79 Å². The van der Waals surface area contributed by atoms with Crippen LogP contribution in [-0.2, 0) is 11.3 Å². The molecule has 1 N–H and O–H groups in total. The van der Waals surface area contributed by atoms with E-state index in [4.69, 9.17) is 4.74 Å². The zero-order chi connectivity index (χ0) is 13.1. The molecule has 0 aliphatic heterocycles. The summed E-state index contributed by atoms with van der Waals surface area (Å²) in [6.07, 6.45) is 0. The van der Waals surface area contributed by atoms with Crippen LogP contribution in [-0.4, -0.2) is 15.9 Å². The molecule has 0 spiro atoms. The molecule has 5 nitrogen and oxygen atoms in total. The summed E-state index contributed by atoms with van der Waals surface area (Å²) in [7, 11) is 0. The smallest absolute Gasteiger partial charge is 0.338 e. The Morgan fingerprint density at radius 3 is 2.83 bits per heavy atom. The van der Waals surface area contributed by atoms with Crippen LogP contribution in [0.25, 0.3) is 0 Å². The lowest BCUT2D eigenvalue weighted by Crippen LogP contribution is -2.13. The molecule has 0 aliphatic carbocycles. The third-order valence-electron chi connectivity index (χ3n) is 2.21. The van der Waals surface area contributed by atoms with E-state index in [1.165, 1.54) is 17.4 Å². The van der Waals surface area contributed by atoms with E-state index in [9.17, 15) is 9.59 Å². The van der Waals surface area contributed by atoms with Gasteiger partial charge in [-0.1, -0.05) is 0 Å². The van der Waals surface area contributed by atoms with Crippen LogP contribution in [0, 0.1) is 13.8 Å². The minimum atomic E-state index is -0.517. The molecule has 0 radical (unpaired) electrons. The molecule has 2 aromatic heterocycles. The number of aryl methyl sites for hydroxylation is 2. The van der Waals surface area contributed by atoms with Crippen molar-refractivity contribution in [1.82, 2.24) is 9.97 Å². The number of aromatic nitrogens is 2. The van der Waals surface area contributed by atoms with Crippen molar-refractivity contribution in [2.24, 2.45) is 0 Å². The van der Waals surface area contributed by atoms with E-state index in [1.807, 2.05) is 12.3 Å². The maximum absolute atomic E-state index is 11.7. The van der Waals surface area contributed by atoms with Crippen molar-refractivity contribution in [3.8, 4) is 0 Å². The highest BCUT2D eigenvalue weighted by atomic mass is 32.1. The largest absolute Gasteiger partial charge is 0.455 e. The first-order valence-electron chi connectivity index (χ1n) is 5.34. The summed E-state index contributed by atoms with van der Waals surface area (Å²) in [4.78, 5) is 29.7. The van der Waals surface area contributed by atoms with Crippen molar-refractivity contribution < 1.29 is 9.53 Å². The molecule has 0 bridgehead atoms. The number of H-pyrrole nitrogens is 1. The Hall–Kier alpha value is -1.95. The van der Waals surface area contributed by atoms with E-state index in [1.54, 1.807) is 13.0 Å². The summed E-state index contributed by atoms with van der Waals surface area (Å²) in [5.41, 5.74) is 1.47. The molecule has 0 atom stereocenters. The number of nitrogens with one attached hydrogen (secondary N) is 1. The van der Waals surface area contributed by atoms with Gasteiger partial charge >= 0.3 is 5.97 Å². The van der Waals surface area contributed by atoms with Crippen molar-refractivity contribution >= 4 is 17.3 Å². The number of carbonyl (C=O) groups is 1. The summed E-state index contributed by atoms with van der Waals surface area (Å²) in [6.45, 7) is 3.72. The van der Waals surface area contributed by atoms with E-state index in [0.29, 0.717) is 5.69 Å². The Morgan fingerprint density at radius 1 is 1.44 bits per heavy atom. The lowest BCUT2D eigenvalue weighted by atomic mass is 10.2. The lowest BCUT2D eigenvalue weighted by Gasteiger charge is -2.03. The Bertz CT molecular complexity index is 630. The van der Waals surface area contributed by atoms with Gasteiger partial charge in [0.25, 0.3) is 0 Å². The van der Waals surface area contributed by atoms with Crippen LogP contribution in [0.4, 0.5) is 0 Å². The number of hydrogen-bond donors (Lipinski definition) is 1. The molecule has 2 rings (SSSR count). The maximum Gasteiger partial charge on any atom is 0.338 e. The molecule has 0 saturated heterocycles. The number of nitrogens with zero attached hydrogens (tertiary/aromatic N) is 1. The molecular formula is C12H12N2O3S. The van der Waals surface area contributed by atoms with Crippen molar-refractivity contribution in [2.75, 3.05) is 0 Å². The van der Waals surface area contributed by atoms with Gasteiger partial charge in [0.2, 0.25) is 5.56 Å². The average Bonchev–Trinajstić information content (AvgIpc) is 2.70. The highest BCUT2D eigenvalue weighted by Gasteiger charge is 2.10. The second-order valence-corrected chi connectivity index (χ2v) is 4.82. The summed E-state index contributed by atoms with van der Waals surface area (Å²) in [5, 5.41) is 2.63. The molecule has 0 fully saturated rings. The van der Waals surface area contributed by atoms with Gasteiger partial charge in [-0.25, -0.2) is 9.78 Å². The zero-order valence-corrected chi connectivity index (χ0v) is 10.8. The Kier molecular flexibility index (Phi) is 3.57. The van der Waals surface area contributed by atoms with Gasteiger partial charge in [0.15, 0.2) is 0 Å². The van der Waals surface area contributed by atoms with Gasteiger partial charge in [-0.05, 0) is 19.9 Å². The van der Waals surface area contributed by atoms with Crippen LogP contribution in [0.15, 0.2) is 22.3 Å². The average molecular weight is 264 g/mol. The van der Waals surface area contributed by atoms with Crippen LogP contribution >= 0.6 is 11.3 Å². The van der Waals surface area contributed by atoms with E-state index in [2.05, 4.69) is 9.97 Å². The minimum absolute atomic E-state index is 0.128. The molecule has 0 aromatic carbocycles. The van der Waals surface area contributed by atoms with E-state index in [-0.39, 0.29) is 17.7 Å². The van der Waals surface area contributed by atoms with E-state index in [0.717, 1.165) is 10.7 Å². The highest BCUT2D eigenvalue weighted by molar-refractivity contribution is 7.09. The Morgan fingerprint density at radius 2 is 2.22 bits per heavy atom. The van der Waals surface area contributed by atoms with E-state index >= 15 is 0 Å². The topological polar surface area (TPSA) is 72.1 Å².